The molecule has 0 aliphatic rings. The molecule has 5 nitrogen and oxygen atoms in total. The van der Waals surface area contributed by atoms with E-state index in [0.717, 1.165) is 0 Å². The molecule has 0 unspecified atom stereocenters. The number of benzene rings is 1. The number of nitrogens with zero attached hydrogens (tertiary/aromatic N) is 2. The molecular formula is C11H8Br2N4O. The van der Waals surface area contributed by atoms with Crippen LogP contribution in [0.1, 0.15) is 10.4 Å². The maximum atomic E-state index is 12.0. The molecule has 2 aromatic rings. The first-order valence-electron chi connectivity index (χ1n) is 4.90. The van der Waals surface area contributed by atoms with Crippen molar-refractivity contribution in [2.45, 2.75) is 0 Å². The Morgan fingerprint density at radius 1 is 1.22 bits per heavy atom. The lowest BCUT2D eigenvalue weighted by Crippen LogP contribution is -2.13. The highest BCUT2D eigenvalue weighted by molar-refractivity contribution is 9.11. The van der Waals surface area contributed by atoms with E-state index in [1.807, 2.05) is 0 Å². The molecule has 0 bridgehead atoms. The molecule has 0 saturated heterocycles. The largest absolute Gasteiger partial charge is 0.399 e. The van der Waals surface area contributed by atoms with Gasteiger partial charge < -0.3 is 11.1 Å². The summed E-state index contributed by atoms with van der Waals surface area (Å²) in [6.45, 7) is 0. The van der Waals surface area contributed by atoms with E-state index in [2.05, 4.69) is 47.4 Å². The van der Waals surface area contributed by atoms with Crippen LogP contribution >= 0.6 is 31.9 Å². The van der Waals surface area contributed by atoms with Gasteiger partial charge in [-0.2, -0.15) is 10.2 Å². The molecule has 0 atom stereocenters. The lowest BCUT2D eigenvalue weighted by molar-refractivity contribution is 0.102. The van der Waals surface area contributed by atoms with E-state index in [1.165, 1.54) is 12.4 Å². The second-order valence-corrected chi connectivity index (χ2v) is 5.15. The van der Waals surface area contributed by atoms with Crippen molar-refractivity contribution in [2.24, 2.45) is 0 Å². The monoisotopic (exact) mass is 370 g/mol. The number of nitrogens with one attached hydrogen (secondary N) is 1. The van der Waals surface area contributed by atoms with Crippen molar-refractivity contribution in [2.75, 3.05) is 11.1 Å². The Labute approximate surface area is 120 Å². The van der Waals surface area contributed by atoms with Gasteiger partial charge in [0.05, 0.1) is 23.6 Å². The molecule has 0 aliphatic heterocycles. The fourth-order valence-electron chi connectivity index (χ4n) is 1.32. The zero-order valence-electron chi connectivity index (χ0n) is 9.02. The third-order valence-electron chi connectivity index (χ3n) is 2.15. The van der Waals surface area contributed by atoms with E-state index >= 15 is 0 Å². The maximum absolute atomic E-state index is 12.0. The molecule has 7 heteroatoms. The molecule has 0 fully saturated rings. The van der Waals surface area contributed by atoms with Crippen molar-refractivity contribution in [1.29, 1.82) is 0 Å². The van der Waals surface area contributed by atoms with Crippen LogP contribution in [0.4, 0.5) is 11.4 Å². The predicted octanol–water partition coefficient (Wildman–Crippen LogP) is 2.84. The number of carbonyl (C=O) groups is 1. The summed E-state index contributed by atoms with van der Waals surface area (Å²) in [5.41, 5.74) is 7.32. The summed E-state index contributed by atoms with van der Waals surface area (Å²) in [6, 6.07) is 5.01. The van der Waals surface area contributed by atoms with Gasteiger partial charge >= 0.3 is 0 Å². The first-order valence-corrected chi connectivity index (χ1v) is 6.49. The molecule has 1 aromatic heterocycles. The molecule has 0 saturated carbocycles. The van der Waals surface area contributed by atoms with Gasteiger partial charge in [0.25, 0.3) is 5.91 Å². The average Bonchev–Trinajstić information content (AvgIpc) is 2.34. The van der Waals surface area contributed by atoms with Crippen molar-refractivity contribution >= 4 is 49.1 Å². The Morgan fingerprint density at radius 3 is 2.44 bits per heavy atom. The third-order valence-corrected chi connectivity index (χ3v) is 3.40. The van der Waals surface area contributed by atoms with Crippen LogP contribution in [-0.2, 0) is 0 Å². The van der Waals surface area contributed by atoms with Crippen LogP contribution in [0.25, 0.3) is 0 Å². The highest BCUT2D eigenvalue weighted by Crippen LogP contribution is 2.33. The summed E-state index contributed by atoms with van der Waals surface area (Å²) in [7, 11) is 0. The van der Waals surface area contributed by atoms with Crippen LogP contribution in [0.15, 0.2) is 39.5 Å². The minimum atomic E-state index is -0.268. The number of nitrogens with two attached hydrogens (primary N) is 1. The summed E-state index contributed by atoms with van der Waals surface area (Å²) < 4.78 is 1.40. The number of rotatable bonds is 2. The highest BCUT2D eigenvalue weighted by atomic mass is 79.9. The number of nitrogen functional groups attached to an aromatic ring is 1. The van der Waals surface area contributed by atoms with Gasteiger partial charge in [0.2, 0.25) is 0 Å². The van der Waals surface area contributed by atoms with Gasteiger partial charge in [-0.1, -0.05) is 0 Å². The smallest absolute Gasteiger partial charge is 0.257 e. The molecule has 18 heavy (non-hydrogen) atoms. The van der Waals surface area contributed by atoms with Crippen LogP contribution < -0.4 is 11.1 Å². The number of anilines is 2. The highest BCUT2D eigenvalue weighted by Gasteiger charge is 2.12. The van der Waals surface area contributed by atoms with Crippen LogP contribution in [-0.4, -0.2) is 16.1 Å². The fourth-order valence-corrected chi connectivity index (χ4v) is 2.74. The number of hydrogen-bond acceptors (Lipinski definition) is 4. The van der Waals surface area contributed by atoms with Gasteiger partial charge in [0, 0.05) is 14.6 Å². The third kappa shape index (κ3) is 2.85. The summed E-state index contributed by atoms with van der Waals surface area (Å²) in [4.78, 5) is 12.0. The van der Waals surface area contributed by atoms with Gasteiger partial charge in [0.15, 0.2) is 0 Å². The molecule has 0 radical (unpaired) electrons. The minimum absolute atomic E-state index is 0.268. The number of halogens is 2. The molecule has 92 valence electrons. The summed E-state index contributed by atoms with van der Waals surface area (Å²) in [5, 5.41) is 10.0. The molecule has 1 heterocycles. The van der Waals surface area contributed by atoms with Gasteiger partial charge in [0.1, 0.15) is 0 Å². The minimum Gasteiger partial charge on any atom is -0.399 e. The lowest BCUT2D eigenvalue weighted by atomic mass is 10.2. The van der Waals surface area contributed by atoms with E-state index in [4.69, 9.17) is 5.73 Å². The van der Waals surface area contributed by atoms with E-state index in [-0.39, 0.29) is 5.91 Å². The maximum Gasteiger partial charge on any atom is 0.257 e. The van der Waals surface area contributed by atoms with Gasteiger partial charge in [-0.15, -0.1) is 0 Å². The number of carbonyl (C=O) groups excluding carboxylic acids is 1. The van der Waals surface area contributed by atoms with Crippen LogP contribution in [0.2, 0.25) is 0 Å². The molecule has 0 aliphatic carbocycles. The van der Waals surface area contributed by atoms with E-state index in [1.54, 1.807) is 18.2 Å². The zero-order chi connectivity index (χ0) is 13.1. The van der Waals surface area contributed by atoms with E-state index in [0.29, 0.717) is 25.9 Å². The van der Waals surface area contributed by atoms with Crippen molar-refractivity contribution in [3.05, 3.63) is 45.1 Å². The second kappa shape index (κ2) is 5.45. The van der Waals surface area contributed by atoms with Crippen LogP contribution in [0, 0.1) is 0 Å². The van der Waals surface area contributed by atoms with Gasteiger partial charge in [-0.25, -0.2) is 0 Å². The van der Waals surface area contributed by atoms with E-state index in [9.17, 15) is 4.79 Å². The second-order valence-electron chi connectivity index (χ2n) is 3.44. The normalized spacial score (nSPS) is 10.1. The Morgan fingerprint density at radius 2 is 1.89 bits per heavy atom. The first-order chi connectivity index (χ1) is 8.58. The average molecular weight is 372 g/mol. The summed E-state index contributed by atoms with van der Waals surface area (Å²) in [6.07, 6.45) is 2.86. The van der Waals surface area contributed by atoms with Crippen molar-refractivity contribution in [3.8, 4) is 0 Å². The molecule has 1 amide bonds. The number of aromatic nitrogens is 2. The van der Waals surface area contributed by atoms with Crippen molar-refractivity contribution in [1.82, 2.24) is 10.2 Å². The molecule has 3 N–H and O–H groups in total. The fraction of sp³-hybridized carbons (Fsp3) is 0. The van der Waals surface area contributed by atoms with Crippen molar-refractivity contribution in [3.63, 3.8) is 0 Å². The molecule has 0 spiro atoms. The lowest BCUT2D eigenvalue weighted by Gasteiger charge is -2.10. The van der Waals surface area contributed by atoms with Gasteiger partial charge in [-0.05, 0) is 50.1 Å². The standard InChI is InChI=1S/C11H8Br2N4O/c12-8-3-7(14)4-9(13)10(8)17-11(18)6-1-2-15-16-5-6/h1-5H,14H2,(H,17,18). The number of amides is 1. The quantitative estimate of drug-likeness (QED) is 0.795. The predicted molar refractivity (Wildman–Crippen MR) is 76.2 cm³/mol. The molecule has 2 rings (SSSR count). The Kier molecular flexibility index (Phi) is 3.93. The Hall–Kier alpha value is -1.47. The zero-order valence-corrected chi connectivity index (χ0v) is 12.2. The summed E-state index contributed by atoms with van der Waals surface area (Å²) in [5.74, 6) is -0.268. The summed E-state index contributed by atoms with van der Waals surface area (Å²) >= 11 is 6.69. The molecule has 1 aromatic carbocycles. The Balaban J connectivity index is 2.28. The SMILES string of the molecule is Nc1cc(Br)c(NC(=O)c2ccnnc2)c(Br)c1. The topological polar surface area (TPSA) is 80.9 Å². The Bertz CT molecular complexity index is 566. The first kappa shape index (κ1) is 13.0. The van der Waals surface area contributed by atoms with E-state index < -0.39 is 0 Å². The van der Waals surface area contributed by atoms with Gasteiger partial charge in [-0.3, -0.25) is 4.79 Å². The molecular weight excluding hydrogens is 364 g/mol. The van der Waals surface area contributed by atoms with Crippen molar-refractivity contribution < 1.29 is 4.79 Å². The van der Waals surface area contributed by atoms with Crippen LogP contribution in [0.5, 0.6) is 0 Å². The number of hydrogen-bond donors (Lipinski definition) is 2. The van der Waals surface area contributed by atoms with Crippen LogP contribution in [0.3, 0.4) is 0 Å².